The molecule has 1 fully saturated rings. The van der Waals surface area contributed by atoms with Gasteiger partial charge in [0.2, 0.25) is 5.91 Å². The Morgan fingerprint density at radius 3 is 2.54 bits per heavy atom. The summed E-state index contributed by atoms with van der Waals surface area (Å²) in [4.78, 5) is 14.4. The minimum atomic E-state index is -0.714. The van der Waals surface area contributed by atoms with Gasteiger partial charge in [-0.15, -0.1) is 0 Å². The van der Waals surface area contributed by atoms with E-state index in [1.807, 2.05) is 31.2 Å². The zero-order valence-electron chi connectivity index (χ0n) is 14.7. The summed E-state index contributed by atoms with van der Waals surface area (Å²) < 4.78 is 31.9. The largest absolute Gasteiger partial charge is 0.494 e. The number of hydrogen-bond donors (Lipinski definition) is 1. The number of halogens is 2. The normalized spacial score (nSPS) is 17.3. The number of amides is 1. The average Bonchev–Trinajstić information content (AvgIpc) is 3.02. The van der Waals surface area contributed by atoms with Crippen LogP contribution in [0.4, 0.5) is 14.5 Å². The standard InChI is InChI=1S/C20H22F2N2O2/c1-2-26-18-7-5-14(6-8-18)19-4-3-9-24(19)13-20(25)23-17-11-15(21)10-16(22)12-17/h5-8,10-12,19H,2-4,9,13H2,1H3,(H,23,25). The number of likely N-dealkylation sites (tertiary alicyclic amines) is 1. The maximum atomic E-state index is 13.2. The van der Waals surface area contributed by atoms with Crippen molar-refractivity contribution in [3.63, 3.8) is 0 Å². The van der Waals surface area contributed by atoms with Gasteiger partial charge in [0, 0.05) is 17.8 Å². The minimum Gasteiger partial charge on any atom is -0.494 e. The Labute approximate surface area is 151 Å². The fourth-order valence-electron chi connectivity index (χ4n) is 3.36. The fraction of sp³-hybridized carbons (Fsp3) is 0.350. The summed E-state index contributed by atoms with van der Waals surface area (Å²) in [5.41, 5.74) is 1.26. The van der Waals surface area contributed by atoms with Crippen molar-refractivity contribution < 1.29 is 18.3 Å². The van der Waals surface area contributed by atoms with Crippen LogP contribution in [0, 0.1) is 11.6 Å². The lowest BCUT2D eigenvalue weighted by Gasteiger charge is -2.24. The van der Waals surface area contributed by atoms with E-state index >= 15 is 0 Å². The smallest absolute Gasteiger partial charge is 0.238 e. The number of rotatable bonds is 6. The summed E-state index contributed by atoms with van der Waals surface area (Å²) in [5.74, 6) is -0.887. The average molecular weight is 360 g/mol. The SMILES string of the molecule is CCOc1ccc(C2CCCN2CC(=O)Nc2cc(F)cc(F)c2)cc1. The summed E-state index contributed by atoms with van der Waals surface area (Å²) in [6.07, 6.45) is 1.97. The number of carbonyl (C=O) groups is 1. The van der Waals surface area contributed by atoms with Crippen molar-refractivity contribution in [1.82, 2.24) is 4.90 Å². The predicted octanol–water partition coefficient (Wildman–Crippen LogP) is 4.14. The van der Waals surface area contributed by atoms with Crippen LogP contribution >= 0.6 is 0 Å². The van der Waals surface area contributed by atoms with E-state index in [0.717, 1.165) is 48.9 Å². The second-order valence-corrected chi connectivity index (χ2v) is 6.34. The van der Waals surface area contributed by atoms with Crippen molar-refractivity contribution >= 4 is 11.6 Å². The molecule has 26 heavy (non-hydrogen) atoms. The number of hydrogen-bond acceptors (Lipinski definition) is 3. The Morgan fingerprint density at radius 2 is 1.88 bits per heavy atom. The molecule has 0 aromatic heterocycles. The molecule has 1 unspecified atom stereocenters. The van der Waals surface area contributed by atoms with Crippen molar-refractivity contribution in [2.24, 2.45) is 0 Å². The van der Waals surface area contributed by atoms with Crippen LogP contribution in [0.3, 0.4) is 0 Å². The third kappa shape index (κ3) is 4.58. The molecular formula is C20H22F2N2O2. The van der Waals surface area contributed by atoms with Crippen LogP contribution in [-0.2, 0) is 4.79 Å². The van der Waals surface area contributed by atoms with Gasteiger partial charge in [-0.2, -0.15) is 0 Å². The lowest BCUT2D eigenvalue weighted by atomic mass is 10.0. The van der Waals surface area contributed by atoms with Crippen molar-refractivity contribution in [3.05, 3.63) is 59.7 Å². The second kappa shape index (κ2) is 8.27. The van der Waals surface area contributed by atoms with Gasteiger partial charge >= 0.3 is 0 Å². The molecule has 1 aliphatic heterocycles. The van der Waals surface area contributed by atoms with Gasteiger partial charge in [-0.3, -0.25) is 9.69 Å². The molecule has 6 heteroatoms. The number of ether oxygens (including phenoxy) is 1. The van der Waals surface area contributed by atoms with Gasteiger partial charge in [0.05, 0.1) is 13.2 Å². The summed E-state index contributed by atoms with van der Waals surface area (Å²) in [6.45, 7) is 3.55. The monoisotopic (exact) mass is 360 g/mol. The molecule has 2 aromatic rings. The van der Waals surface area contributed by atoms with Crippen LogP contribution in [0.2, 0.25) is 0 Å². The molecule has 3 rings (SSSR count). The van der Waals surface area contributed by atoms with Gasteiger partial charge < -0.3 is 10.1 Å². The maximum absolute atomic E-state index is 13.2. The van der Waals surface area contributed by atoms with E-state index in [1.165, 1.54) is 0 Å². The molecule has 0 spiro atoms. The van der Waals surface area contributed by atoms with Crippen LogP contribution in [0.1, 0.15) is 31.4 Å². The van der Waals surface area contributed by atoms with Gasteiger partial charge in [0.15, 0.2) is 0 Å². The van der Waals surface area contributed by atoms with E-state index in [-0.39, 0.29) is 24.2 Å². The number of nitrogens with one attached hydrogen (secondary N) is 1. The van der Waals surface area contributed by atoms with Crippen molar-refractivity contribution in [2.75, 3.05) is 25.0 Å². The zero-order valence-corrected chi connectivity index (χ0v) is 14.7. The highest BCUT2D eigenvalue weighted by atomic mass is 19.1. The van der Waals surface area contributed by atoms with E-state index in [0.29, 0.717) is 6.61 Å². The van der Waals surface area contributed by atoms with Crippen molar-refractivity contribution in [1.29, 1.82) is 0 Å². The first-order valence-corrected chi connectivity index (χ1v) is 8.78. The first kappa shape index (κ1) is 18.3. The first-order valence-electron chi connectivity index (χ1n) is 8.78. The lowest BCUT2D eigenvalue weighted by Crippen LogP contribution is -2.33. The zero-order chi connectivity index (χ0) is 18.5. The van der Waals surface area contributed by atoms with Gasteiger partial charge in [0.25, 0.3) is 0 Å². The number of anilines is 1. The van der Waals surface area contributed by atoms with Crippen LogP contribution in [0.5, 0.6) is 5.75 Å². The Morgan fingerprint density at radius 1 is 1.19 bits per heavy atom. The van der Waals surface area contributed by atoms with Crippen LogP contribution in [0.25, 0.3) is 0 Å². The molecule has 138 valence electrons. The topological polar surface area (TPSA) is 41.6 Å². The molecule has 2 aromatic carbocycles. The second-order valence-electron chi connectivity index (χ2n) is 6.34. The Kier molecular flexibility index (Phi) is 5.83. The summed E-state index contributed by atoms with van der Waals surface area (Å²) in [5, 5.41) is 2.57. The van der Waals surface area contributed by atoms with E-state index in [1.54, 1.807) is 0 Å². The molecule has 1 heterocycles. The van der Waals surface area contributed by atoms with E-state index in [4.69, 9.17) is 4.74 Å². The fourth-order valence-corrected chi connectivity index (χ4v) is 3.36. The van der Waals surface area contributed by atoms with E-state index in [2.05, 4.69) is 10.2 Å². The number of carbonyl (C=O) groups excluding carboxylic acids is 1. The highest BCUT2D eigenvalue weighted by molar-refractivity contribution is 5.92. The van der Waals surface area contributed by atoms with Gasteiger partial charge in [0.1, 0.15) is 17.4 Å². The highest BCUT2D eigenvalue weighted by Crippen LogP contribution is 2.32. The van der Waals surface area contributed by atoms with E-state index < -0.39 is 11.6 Å². The Bertz CT molecular complexity index is 745. The summed E-state index contributed by atoms with van der Waals surface area (Å²) >= 11 is 0. The summed E-state index contributed by atoms with van der Waals surface area (Å²) in [7, 11) is 0. The molecule has 4 nitrogen and oxygen atoms in total. The van der Waals surface area contributed by atoms with Crippen LogP contribution < -0.4 is 10.1 Å². The molecule has 0 aliphatic carbocycles. The number of benzene rings is 2. The van der Waals surface area contributed by atoms with Crippen LogP contribution in [-0.4, -0.2) is 30.5 Å². The molecule has 1 aliphatic rings. The molecule has 1 amide bonds. The van der Waals surface area contributed by atoms with Gasteiger partial charge in [-0.25, -0.2) is 8.78 Å². The molecule has 1 atom stereocenters. The van der Waals surface area contributed by atoms with Gasteiger partial charge in [-0.05, 0) is 56.1 Å². The first-order chi connectivity index (χ1) is 12.5. The van der Waals surface area contributed by atoms with Crippen molar-refractivity contribution in [3.8, 4) is 5.75 Å². The molecule has 0 radical (unpaired) electrons. The van der Waals surface area contributed by atoms with Crippen LogP contribution in [0.15, 0.2) is 42.5 Å². The third-order valence-corrected chi connectivity index (χ3v) is 4.43. The molecule has 1 N–H and O–H groups in total. The number of nitrogens with zero attached hydrogens (tertiary/aromatic N) is 1. The molecular weight excluding hydrogens is 338 g/mol. The maximum Gasteiger partial charge on any atom is 0.238 e. The quantitative estimate of drug-likeness (QED) is 0.842. The minimum absolute atomic E-state index is 0.129. The predicted molar refractivity (Wildman–Crippen MR) is 96.1 cm³/mol. The Balaban J connectivity index is 1.63. The summed E-state index contributed by atoms with van der Waals surface area (Å²) in [6, 6.07) is 11.1. The van der Waals surface area contributed by atoms with E-state index in [9.17, 15) is 13.6 Å². The highest BCUT2D eigenvalue weighted by Gasteiger charge is 2.27. The van der Waals surface area contributed by atoms with Crippen molar-refractivity contribution in [2.45, 2.75) is 25.8 Å². The van der Waals surface area contributed by atoms with Gasteiger partial charge in [-0.1, -0.05) is 12.1 Å². The molecule has 0 saturated carbocycles. The lowest BCUT2D eigenvalue weighted by molar-refractivity contribution is -0.117. The third-order valence-electron chi connectivity index (χ3n) is 4.43. The molecule has 1 saturated heterocycles. The Hall–Kier alpha value is -2.47. The molecule has 0 bridgehead atoms.